The van der Waals surface area contributed by atoms with Crippen LogP contribution in [0.4, 0.5) is 0 Å². The van der Waals surface area contributed by atoms with Gasteiger partial charge in [0.1, 0.15) is 0 Å². The molecule has 0 aromatic carbocycles. The van der Waals surface area contributed by atoms with E-state index in [-0.39, 0.29) is 5.25 Å². The standard InChI is InChI=1S/C15H31NO2S/c1-4-10-16-12-15-8-6-5-7-14(15)9-11-19(17,18)13(2)3/h13-16H,4-12H2,1-3H3. The number of hydrogen-bond donors (Lipinski definition) is 1. The lowest BCUT2D eigenvalue weighted by molar-refractivity contribution is 0.224. The van der Waals surface area contributed by atoms with Crippen LogP contribution in [0.5, 0.6) is 0 Å². The van der Waals surface area contributed by atoms with Gasteiger partial charge in [0.05, 0.1) is 11.0 Å². The van der Waals surface area contributed by atoms with Crippen molar-refractivity contribution in [3.05, 3.63) is 0 Å². The Labute approximate surface area is 119 Å². The summed E-state index contributed by atoms with van der Waals surface area (Å²) in [7, 11) is -2.87. The van der Waals surface area contributed by atoms with Crippen molar-refractivity contribution in [3.8, 4) is 0 Å². The molecule has 0 aromatic heterocycles. The summed E-state index contributed by atoms with van der Waals surface area (Å²) >= 11 is 0. The minimum atomic E-state index is -2.87. The number of rotatable bonds is 8. The lowest BCUT2D eigenvalue weighted by atomic mass is 9.78. The zero-order chi connectivity index (χ0) is 14.3. The molecule has 0 aliphatic heterocycles. The van der Waals surface area contributed by atoms with E-state index in [1.165, 1.54) is 32.1 Å². The molecule has 1 aliphatic rings. The van der Waals surface area contributed by atoms with Crippen molar-refractivity contribution in [2.75, 3.05) is 18.8 Å². The Hall–Kier alpha value is -0.0900. The molecule has 1 fully saturated rings. The highest BCUT2D eigenvalue weighted by molar-refractivity contribution is 7.91. The van der Waals surface area contributed by atoms with Crippen molar-refractivity contribution in [2.45, 2.75) is 64.5 Å². The third-order valence-electron chi connectivity index (χ3n) is 4.39. The first-order valence-electron chi connectivity index (χ1n) is 7.89. The Morgan fingerprint density at radius 3 is 2.37 bits per heavy atom. The molecule has 0 heterocycles. The van der Waals surface area contributed by atoms with Crippen LogP contribution >= 0.6 is 0 Å². The Bertz CT molecular complexity index is 338. The molecule has 1 saturated carbocycles. The largest absolute Gasteiger partial charge is 0.316 e. The summed E-state index contributed by atoms with van der Waals surface area (Å²) in [4.78, 5) is 0. The zero-order valence-corrected chi connectivity index (χ0v) is 13.6. The first kappa shape index (κ1) is 17.0. The minimum absolute atomic E-state index is 0.229. The van der Waals surface area contributed by atoms with E-state index in [2.05, 4.69) is 12.2 Å². The van der Waals surface area contributed by atoms with Gasteiger partial charge in [0, 0.05) is 0 Å². The monoisotopic (exact) mass is 289 g/mol. The van der Waals surface area contributed by atoms with Crippen LogP contribution in [0.15, 0.2) is 0 Å². The molecule has 0 bridgehead atoms. The second kappa shape index (κ2) is 8.25. The van der Waals surface area contributed by atoms with E-state index < -0.39 is 9.84 Å². The molecule has 0 amide bonds. The number of hydrogen-bond acceptors (Lipinski definition) is 3. The highest BCUT2D eigenvalue weighted by Gasteiger charge is 2.27. The summed E-state index contributed by atoms with van der Waals surface area (Å²) in [6.45, 7) is 7.90. The third kappa shape index (κ3) is 5.82. The lowest BCUT2D eigenvalue weighted by Crippen LogP contribution is -2.32. The van der Waals surface area contributed by atoms with Gasteiger partial charge >= 0.3 is 0 Å². The maximum Gasteiger partial charge on any atom is 0.152 e. The van der Waals surface area contributed by atoms with Gasteiger partial charge in [-0.2, -0.15) is 0 Å². The second-order valence-electron chi connectivity index (χ2n) is 6.21. The maximum absolute atomic E-state index is 11.9. The normalized spacial score (nSPS) is 24.8. The first-order valence-corrected chi connectivity index (χ1v) is 9.61. The van der Waals surface area contributed by atoms with Gasteiger partial charge in [-0.25, -0.2) is 8.42 Å². The van der Waals surface area contributed by atoms with Crippen molar-refractivity contribution in [1.29, 1.82) is 0 Å². The fourth-order valence-electron chi connectivity index (χ4n) is 2.95. The van der Waals surface area contributed by atoms with E-state index in [1.807, 2.05) is 0 Å². The van der Waals surface area contributed by atoms with E-state index in [0.717, 1.165) is 19.5 Å². The topological polar surface area (TPSA) is 46.2 Å². The minimum Gasteiger partial charge on any atom is -0.316 e. The van der Waals surface area contributed by atoms with E-state index in [1.54, 1.807) is 13.8 Å². The first-order chi connectivity index (χ1) is 8.97. The maximum atomic E-state index is 11.9. The molecular weight excluding hydrogens is 258 g/mol. The van der Waals surface area contributed by atoms with Crippen LogP contribution in [0.25, 0.3) is 0 Å². The molecule has 0 spiro atoms. The molecule has 2 unspecified atom stereocenters. The summed E-state index contributed by atoms with van der Waals surface area (Å²) < 4.78 is 23.8. The Balaban J connectivity index is 2.44. The molecule has 114 valence electrons. The van der Waals surface area contributed by atoms with Crippen LogP contribution in [0.3, 0.4) is 0 Å². The van der Waals surface area contributed by atoms with Crippen molar-refractivity contribution >= 4 is 9.84 Å². The van der Waals surface area contributed by atoms with Crippen molar-refractivity contribution in [2.24, 2.45) is 11.8 Å². The summed E-state index contributed by atoms with van der Waals surface area (Å²) in [5.74, 6) is 1.66. The Kier molecular flexibility index (Phi) is 7.37. The fourth-order valence-corrected chi connectivity index (χ4v) is 4.05. The molecule has 19 heavy (non-hydrogen) atoms. The predicted octanol–water partition coefficient (Wildman–Crippen LogP) is 3.01. The summed E-state index contributed by atoms with van der Waals surface area (Å²) in [5.41, 5.74) is 0. The smallest absolute Gasteiger partial charge is 0.152 e. The van der Waals surface area contributed by atoms with Crippen molar-refractivity contribution in [1.82, 2.24) is 5.32 Å². The van der Waals surface area contributed by atoms with Gasteiger partial charge in [-0.15, -0.1) is 0 Å². The van der Waals surface area contributed by atoms with Gasteiger partial charge in [0.2, 0.25) is 0 Å². The molecule has 3 nitrogen and oxygen atoms in total. The number of nitrogens with one attached hydrogen (secondary N) is 1. The molecular formula is C15H31NO2S. The van der Waals surface area contributed by atoms with E-state index in [4.69, 9.17) is 0 Å². The molecule has 0 aromatic rings. The van der Waals surface area contributed by atoms with Crippen LogP contribution in [0.1, 0.15) is 59.3 Å². The van der Waals surface area contributed by atoms with Gasteiger partial charge in [-0.3, -0.25) is 0 Å². The van der Waals surface area contributed by atoms with Gasteiger partial charge in [0.15, 0.2) is 9.84 Å². The number of sulfone groups is 1. The van der Waals surface area contributed by atoms with E-state index >= 15 is 0 Å². The summed E-state index contributed by atoms with van der Waals surface area (Å²) in [5, 5.41) is 3.28. The Morgan fingerprint density at radius 2 is 1.79 bits per heavy atom. The molecule has 0 saturated heterocycles. The molecule has 4 heteroatoms. The van der Waals surface area contributed by atoms with E-state index in [0.29, 0.717) is 17.6 Å². The Morgan fingerprint density at radius 1 is 1.16 bits per heavy atom. The quantitative estimate of drug-likeness (QED) is 0.699. The van der Waals surface area contributed by atoms with Crippen LogP contribution < -0.4 is 5.32 Å². The van der Waals surface area contributed by atoms with Gasteiger partial charge < -0.3 is 5.32 Å². The van der Waals surface area contributed by atoms with Gasteiger partial charge in [-0.1, -0.05) is 26.2 Å². The highest BCUT2D eigenvalue weighted by Crippen LogP contribution is 2.32. The highest BCUT2D eigenvalue weighted by atomic mass is 32.2. The van der Waals surface area contributed by atoms with Crippen molar-refractivity contribution in [3.63, 3.8) is 0 Å². The molecule has 1 N–H and O–H groups in total. The van der Waals surface area contributed by atoms with Gasteiger partial charge in [-0.05, 0) is 58.0 Å². The van der Waals surface area contributed by atoms with Crippen LogP contribution in [0, 0.1) is 11.8 Å². The second-order valence-corrected chi connectivity index (χ2v) is 8.89. The molecule has 1 aliphatic carbocycles. The lowest BCUT2D eigenvalue weighted by Gasteiger charge is -2.32. The molecule has 2 atom stereocenters. The summed E-state index contributed by atoms with van der Waals surface area (Å²) in [6, 6.07) is 0. The SMILES string of the molecule is CCCNCC1CCCCC1CCS(=O)(=O)C(C)C. The summed E-state index contributed by atoms with van der Waals surface area (Å²) in [6.07, 6.45) is 7.09. The fraction of sp³-hybridized carbons (Fsp3) is 1.00. The average Bonchev–Trinajstić information content (AvgIpc) is 2.38. The zero-order valence-electron chi connectivity index (χ0n) is 12.8. The third-order valence-corrected chi connectivity index (χ3v) is 6.63. The van der Waals surface area contributed by atoms with Gasteiger partial charge in [0.25, 0.3) is 0 Å². The van der Waals surface area contributed by atoms with Crippen LogP contribution in [0.2, 0.25) is 0 Å². The molecule has 0 radical (unpaired) electrons. The van der Waals surface area contributed by atoms with Crippen LogP contribution in [-0.2, 0) is 9.84 Å². The van der Waals surface area contributed by atoms with Crippen LogP contribution in [-0.4, -0.2) is 32.5 Å². The van der Waals surface area contributed by atoms with E-state index in [9.17, 15) is 8.42 Å². The molecule has 1 rings (SSSR count). The average molecular weight is 289 g/mol. The van der Waals surface area contributed by atoms with Crippen molar-refractivity contribution < 1.29 is 8.42 Å². The predicted molar refractivity (Wildman–Crippen MR) is 82.1 cm³/mol.